The number of rotatable bonds is 9. The quantitative estimate of drug-likeness (QED) is 0.639. The first-order valence-corrected chi connectivity index (χ1v) is 10.7. The Kier molecular flexibility index (Phi) is 8.58. The predicted molar refractivity (Wildman–Crippen MR) is 116 cm³/mol. The average molecular weight is 399 g/mol. The van der Waals surface area contributed by atoms with Crippen LogP contribution in [0.25, 0.3) is 0 Å². The van der Waals surface area contributed by atoms with Crippen molar-refractivity contribution in [3.8, 4) is 0 Å². The van der Waals surface area contributed by atoms with Gasteiger partial charge in [-0.3, -0.25) is 9.59 Å². The van der Waals surface area contributed by atoms with Crippen molar-refractivity contribution in [3.05, 3.63) is 65.2 Å². The lowest BCUT2D eigenvalue weighted by atomic mass is 10.1. The highest BCUT2D eigenvalue weighted by molar-refractivity contribution is 8.00. The summed E-state index contributed by atoms with van der Waals surface area (Å²) >= 11 is 1.51. The summed E-state index contributed by atoms with van der Waals surface area (Å²) in [5, 5.41) is 2.87. The molecule has 0 aliphatic rings. The van der Waals surface area contributed by atoms with E-state index in [1.807, 2.05) is 76.2 Å². The molecule has 2 rings (SSSR count). The molecule has 0 heterocycles. The Morgan fingerprint density at radius 3 is 2.07 bits per heavy atom. The third kappa shape index (κ3) is 6.41. The molecule has 0 bridgehead atoms. The van der Waals surface area contributed by atoms with Gasteiger partial charge in [-0.05, 0) is 44.9 Å². The van der Waals surface area contributed by atoms with Crippen molar-refractivity contribution in [1.82, 2.24) is 10.2 Å². The van der Waals surface area contributed by atoms with E-state index in [4.69, 9.17) is 0 Å². The van der Waals surface area contributed by atoms with Crippen LogP contribution in [0.3, 0.4) is 0 Å². The maximum absolute atomic E-state index is 13.1. The molecule has 0 aliphatic heterocycles. The van der Waals surface area contributed by atoms with E-state index in [9.17, 15) is 9.59 Å². The summed E-state index contributed by atoms with van der Waals surface area (Å²) in [4.78, 5) is 28.4. The number of hydrogen-bond acceptors (Lipinski definition) is 3. The summed E-state index contributed by atoms with van der Waals surface area (Å²) < 4.78 is 0. The second-order valence-electron chi connectivity index (χ2n) is 6.93. The summed E-state index contributed by atoms with van der Waals surface area (Å²) in [6, 6.07) is 15.8. The molecular weight excluding hydrogens is 368 g/mol. The molecule has 4 nitrogen and oxygen atoms in total. The molecule has 28 heavy (non-hydrogen) atoms. The molecule has 1 atom stereocenters. The van der Waals surface area contributed by atoms with Crippen LogP contribution in [0.1, 0.15) is 37.0 Å². The molecule has 2 aromatic carbocycles. The first kappa shape index (κ1) is 22.0. The highest BCUT2D eigenvalue weighted by atomic mass is 32.2. The van der Waals surface area contributed by atoms with Gasteiger partial charge in [-0.15, -0.1) is 11.8 Å². The fourth-order valence-electron chi connectivity index (χ4n) is 2.96. The summed E-state index contributed by atoms with van der Waals surface area (Å²) in [6.07, 6.45) is 0.582. The Morgan fingerprint density at radius 1 is 0.964 bits per heavy atom. The molecule has 150 valence electrons. The third-order valence-electron chi connectivity index (χ3n) is 4.59. The number of thioether (sulfide) groups is 1. The number of amides is 2. The zero-order valence-corrected chi connectivity index (χ0v) is 18.0. The van der Waals surface area contributed by atoms with Gasteiger partial charge in [0.1, 0.15) is 6.04 Å². The van der Waals surface area contributed by atoms with Crippen LogP contribution < -0.4 is 5.32 Å². The van der Waals surface area contributed by atoms with E-state index in [1.165, 1.54) is 22.9 Å². The van der Waals surface area contributed by atoms with Gasteiger partial charge in [0.25, 0.3) is 0 Å². The van der Waals surface area contributed by atoms with Gasteiger partial charge in [-0.25, -0.2) is 0 Å². The van der Waals surface area contributed by atoms with Gasteiger partial charge in [-0.1, -0.05) is 54.4 Å². The number of nitrogens with zero attached hydrogens (tertiary/aromatic N) is 1. The first-order valence-electron chi connectivity index (χ1n) is 9.76. The third-order valence-corrected chi connectivity index (χ3v) is 5.59. The predicted octanol–water partition coefficient (Wildman–Crippen LogP) is 4.34. The number of benzene rings is 2. The van der Waals surface area contributed by atoms with Crippen molar-refractivity contribution in [2.45, 2.75) is 51.6 Å². The monoisotopic (exact) mass is 398 g/mol. The molecule has 0 radical (unpaired) electrons. The lowest BCUT2D eigenvalue weighted by Crippen LogP contribution is -2.49. The van der Waals surface area contributed by atoms with E-state index in [0.29, 0.717) is 25.3 Å². The molecule has 1 N–H and O–H groups in total. The van der Waals surface area contributed by atoms with E-state index in [0.717, 1.165) is 10.5 Å². The van der Waals surface area contributed by atoms with Crippen molar-refractivity contribution in [2.75, 3.05) is 12.3 Å². The van der Waals surface area contributed by atoms with Gasteiger partial charge in [0, 0.05) is 18.0 Å². The van der Waals surface area contributed by atoms with Gasteiger partial charge in [-0.2, -0.15) is 0 Å². The minimum atomic E-state index is -0.465. The topological polar surface area (TPSA) is 49.4 Å². The van der Waals surface area contributed by atoms with Crippen LogP contribution in [-0.4, -0.2) is 35.1 Å². The van der Waals surface area contributed by atoms with Crippen LogP contribution in [0.4, 0.5) is 0 Å². The molecule has 0 aromatic heterocycles. The second-order valence-corrected chi connectivity index (χ2v) is 7.98. The maximum Gasteiger partial charge on any atom is 0.242 e. The summed E-state index contributed by atoms with van der Waals surface area (Å²) in [6.45, 7) is 8.91. The molecule has 1 unspecified atom stereocenters. The highest BCUT2D eigenvalue weighted by Crippen LogP contribution is 2.21. The van der Waals surface area contributed by atoms with Gasteiger partial charge in [0.15, 0.2) is 0 Å². The first-order chi connectivity index (χ1) is 13.4. The van der Waals surface area contributed by atoms with Gasteiger partial charge < -0.3 is 10.2 Å². The molecular formula is C23H30N2O2S. The van der Waals surface area contributed by atoms with Gasteiger partial charge >= 0.3 is 0 Å². The number of aryl methyl sites for hydroxylation is 2. The Morgan fingerprint density at radius 2 is 1.54 bits per heavy atom. The van der Waals surface area contributed by atoms with Crippen molar-refractivity contribution in [2.24, 2.45) is 0 Å². The van der Waals surface area contributed by atoms with Crippen LogP contribution in [0.2, 0.25) is 0 Å². The Balaban J connectivity index is 2.16. The molecule has 0 saturated heterocycles. The Hall–Kier alpha value is -2.27. The number of carbonyl (C=O) groups is 2. The number of hydrogen-bond donors (Lipinski definition) is 1. The van der Waals surface area contributed by atoms with Gasteiger partial charge in [0.05, 0.1) is 5.75 Å². The molecule has 5 heteroatoms. The zero-order valence-electron chi connectivity index (χ0n) is 17.2. The molecule has 0 fully saturated rings. The van der Waals surface area contributed by atoms with Crippen molar-refractivity contribution in [1.29, 1.82) is 0 Å². The fraction of sp³-hybridized carbons (Fsp3) is 0.391. The molecule has 0 aliphatic carbocycles. The Bertz CT molecular complexity index is 772. The maximum atomic E-state index is 13.1. The summed E-state index contributed by atoms with van der Waals surface area (Å²) in [5.74, 6) is 0.195. The molecule has 2 amide bonds. The minimum Gasteiger partial charge on any atom is -0.355 e. The standard InChI is InChI=1S/C23H30N2O2S/c1-5-21(23(27)24-6-2)25(15-19-11-7-17(3)8-12-19)22(26)16-28-20-13-9-18(4)10-14-20/h7-14,21H,5-6,15-16H2,1-4H3,(H,24,27). The lowest BCUT2D eigenvalue weighted by Gasteiger charge is -2.30. The van der Waals surface area contributed by atoms with Crippen molar-refractivity contribution < 1.29 is 9.59 Å². The van der Waals surface area contributed by atoms with E-state index >= 15 is 0 Å². The summed E-state index contributed by atoms with van der Waals surface area (Å²) in [5.41, 5.74) is 3.40. The largest absolute Gasteiger partial charge is 0.355 e. The fourth-order valence-corrected chi connectivity index (χ4v) is 3.75. The minimum absolute atomic E-state index is 0.0238. The van der Waals surface area contributed by atoms with Gasteiger partial charge in [0.2, 0.25) is 11.8 Å². The SMILES string of the molecule is CCNC(=O)C(CC)N(Cc1ccc(C)cc1)C(=O)CSc1ccc(C)cc1. The van der Waals surface area contributed by atoms with E-state index in [1.54, 1.807) is 4.90 Å². The van der Waals surface area contributed by atoms with E-state index < -0.39 is 6.04 Å². The number of likely N-dealkylation sites (N-methyl/N-ethyl adjacent to an activating group) is 1. The smallest absolute Gasteiger partial charge is 0.242 e. The van der Waals surface area contributed by atoms with Crippen molar-refractivity contribution >= 4 is 23.6 Å². The van der Waals surface area contributed by atoms with Crippen LogP contribution in [0.15, 0.2) is 53.4 Å². The zero-order chi connectivity index (χ0) is 20.5. The molecule has 2 aromatic rings. The lowest BCUT2D eigenvalue weighted by molar-refractivity contribution is -0.139. The second kappa shape index (κ2) is 10.9. The highest BCUT2D eigenvalue weighted by Gasteiger charge is 2.28. The summed E-state index contributed by atoms with van der Waals surface area (Å²) in [7, 11) is 0. The van der Waals surface area contributed by atoms with Crippen molar-refractivity contribution in [3.63, 3.8) is 0 Å². The molecule has 0 saturated carbocycles. The van der Waals surface area contributed by atoms with Crippen LogP contribution in [0, 0.1) is 13.8 Å². The normalized spacial score (nSPS) is 11.7. The number of carbonyl (C=O) groups excluding carboxylic acids is 2. The van der Waals surface area contributed by atoms with Crippen LogP contribution in [0.5, 0.6) is 0 Å². The van der Waals surface area contributed by atoms with Crippen LogP contribution in [-0.2, 0) is 16.1 Å². The molecule has 0 spiro atoms. The van der Waals surface area contributed by atoms with E-state index in [-0.39, 0.29) is 11.8 Å². The average Bonchev–Trinajstić information content (AvgIpc) is 2.69. The van der Waals surface area contributed by atoms with Crippen LogP contribution >= 0.6 is 11.8 Å². The number of nitrogens with one attached hydrogen (secondary N) is 1. The Labute approximate surface area is 172 Å². The van der Waals surface area contributed by atoms with E-state index in [2.05, 4.69) is 5.32 Å².